The summed E-state index contributed by atoms with van der Waals surface area (Å²) in [6.45, 7) is 6.78. The van der Waals surface area contributed by atoms with E-state index in [1.165, 1.54) is 6.07 Å². The van der Waals surface area contributed by atoms with Gasteiger partial charge in [0.25, 0.3) is 0 Å². The molecular formula is C19H23NO3. The maximum atomic E-state index is 12.4. The molecule has 0 aliphatic rings. The number of carbonyl (C=O) groups is 1. The standard InChI is InChI=1S/C19H23NO3/c1-4-5-11-20-14(2)12-17(21)18(15(20)3)19(22)23-13-16-9-7-6-8-10-16/h6-10,12H,4-5,11,13H2,1-3H3. The highest BCUT2D eigenvalue weighted by Crippen LogP contribution is 2.12. The molecule has 4 nitrogen and oxygen atoms in total. The largest absolute Gasteiger partial charge is 0.457 e. The van der Waals surface area contributed by atoms with Crippen LogP contribution in [0.15, 0.2) is 41.2 Å². The van der Waals surface area contributed by atoms with Crippen molar-refractivity contribution in [3.05, 3.63) is 69.1 Å². The smallest absolute Gasteiger partial charge is 0.344 e. The Morgan fingerprint density at radius 3 is 2.52 bits per heavy atom. The van der Waals surface area contributed by atoms with Crippen LogP contribution >= 0.6 is 0 Å². The van der Waals surface area contributed by atoms with Crippen LogP contribution in [-0.4, -0.2) is 10.5 Å². The first kappa shape index (κ1) is 17.0. The first-order chi connectivity index (χ1) is 11.0. The molecule has 2 rings (SSSR count). The normalized spacial score (nSPS) is 10.6. The molecule has 2 aromatic rings. The second kappa shape index (κ2) is 7.77. The van der Waals surface area contributed by atoms with Gasteiger partial charge in [-0.25, -0.2) is 4.79 Å². The number of esters is 1. The van der Waals surface area contributed by atoms with Crippen molar-refractivity contribution in [1.82, 2.24) is 4.57 Å². The third-order valence-electron chi connectivity index (χ3n) is 3.93. The van der Waals surface area contributed by atoms with Gasteiger partial charge in [0.05, 0.1) is 0 Å². The van der Waals surface area contributed by atoms with Crippen LogP contribution in [-0.2, 0) is 17.9 Å². The molecule has 0 aliphatic heterocycles. The number of aromatic nitrogens is 1. The number of rotatable bonds is 6. The molecule has 0 saturated heterocycles. The van der Waals surface area contributed by atoms with Gasteiger partial charge in [0, 0.05) is 24.0 Å². The summed E-state index contributed by atoms with van der Waals surface area (Å²) in [6, 6.07) is 11.0. The number of hydrogen-bond acceptors (Lipinski definition) is 3. The van der Waals surface area contributed by atoms with Crippen LogP contribution in [0.25, 0.3) is 0 Å². The highest BCUT2D eigenvalue weighted by Gasteiger charge is 2.18. The Balaban J connectivity index is 2.24. The fourth-order valence-electron chi connectivity index (χ4n) is 2.62. The lowest BCUT2D eigenvalue weighted by Gasteiger charge is -2.17. The highest BCUT2D eigenvalue weighted by atomic mass is 16.5. The summed E-state index contributed by atoms with van der Waals surface area (Å²) < 4.78 is 7.34. The molecule has 0 radical (unpaired) electrons. The van der Waals surface area contributed by atoms with E-state index < -0.39 is 5.97 Å². The van der Waals surface area contributed by atoms with Gasteiger partial charge in [-0.1, -0.05) is 43.7 Å². The van der Waals surface area contributed by atoms with Gasteiger partial charge in [-0.2, -0.15) is 0 Å². The van der Waals surface area contributed by atoms with Crippen molar-refractivity contribution in [2.24, 2.45) is 0 Å². The van der Waals surface area contributed by atoms with E-state index in [-0.39, 0.29) is 17.6 Å². The van der Waals surface area contributed by atoms with E-state index in [4.69, 9.17) is 4.74 Å². The van der Waals surface area contributed by atoms with Crippen LogP contribution in [0.4, 0.5) is 0 Å². The van der Waals surface area contributed by atoms with Gasteiger partial charge >= 0.3 is 5.97 Å². The molecule has 0 bridgehead atoms. The maximum Gasteiger partial charge on any atom is 0.344 e. The number of unbranched alkanes of at least 4 members (excludes halogenated alkanes) is 1. The Morgan fingerprint density at radius 2 is 1.87 bits per heavy atom. The van der Waals surface area contributed by atoms with Crippen molar-refractivity contribution in [2.75, 3.05) is 0 Å². The summed E-state index contributed by atoms with van der Waals surface area (Å²) in [5.74, 6) is -0.554. The maximum absolute atomic E-state index is 12.4. The molecule has 122 valence electrons. The van der Waals surface area contributed by atoms with Crippen LogP contribution < -0.4 is 5.43 Å². The Bertz CT molecular complexity index is 732. The van der Waals surface area contributed by atoms with Gasteiger partial charge < -0.3 is 9.30 Å². The third-order valence-corrected chi connectivity index (χ3v) is 3.93. The van der Waals surface area contributed by atoms with Crippen molar-refractivity contribution < 1.29 is 9.53 Å². The lowest BCUT2D eigenvalue weighted by atomic mass is 10.1. The van der Waals surface area contributed by atoms with E-state index in [2.05, 4.69) is 6.92 Å². The number of carbonyl (C=O) groups excluding carboxylic acids is 1. The van der Waals surface area contributed by atoms with Gasteiger partial charge in [0.15, 0.2) is 5.43 Å². The average molecular weight is 313 g/mol. The second-order valence-electron chi connectivity index (χ2n) is 5.68. The summed E-state index contributed by atoms with van der Waals surface area (Å²) in [6.07, 6.45) is 2.06. The van der Waals surface area contributed by atoms with Crippen LogP contribution in [0.5, 0.6) is 0 Å². The first-order valence-electron chi connectivity index (χ1n) is 7.96. The molecule has 1 aromatic carbocycles. The number of benzene rings is 1. The van der Waals surface area contributed by atoms with Crippen LogP contribution in [0.1, 0.15) is 47.1 Å². The van der Waals surface area contributed by atoms with E-state index in [0.29, 0.717) is 5.69 Å². The SMILES string of the molecule is CCCCn1c(C)cc(=O)c(C(=O)OCc2ccccc2)c1C. The molecule has 0 N–H and O–H groups in total. The molecule has 0 aliphatic carbocycles. The van der Waals surface area contributed by atoms with Crippen molar-refractivity contribution >= 4 is 5.97 Å². The minimum absolute atomic E-state index is 0.141. The number of pyridine rings is 1. The highest BCUT2D eigenvalue weighted by molar-refractivity contribution is 5.90. The van der Waals surface area contributed by atoms with Gasteiger partial charge in [0.2, 0.25) is 0 Å². The van der Waals surface area contributed by atoms with Gasteiger partial charge in [0.1, 0.15) is 12.2 Å². The summed E-state index contributed by atoms with van der Waals surface area (Å²) in [4.78, 5) is 24.6. The predicted octanol–water partition coefficient (Wildman–Crippen LogP) is 3.62. The van der Waals surface area contributed by atoms with Crippen molar-refractivity contribution in [1.29, 1.82) is 0 Å². The monoisotopic (exact) mass is 313 g/mol. The second-order valence-corrected chi connectivity index (χ2v) is 5.68. The van der Waals surface area contributed by atoms with Gasteiger partial charge in [-0.15, -0.1) is 0 Å². The minimum atomic E-state index is -0.554. The van der Waals surface area contributed by atoms with Crippen molar-refractivity contribution in [2.45, 2.75) is 46.8 Å². The molecule has 0 atom stereocenters. The molecule has 1 heterocycles. The Hall–Kier alpha value is -2.36. The Kier molecular flexibility index (Phi) is 5.74. The summed E-state index contributed by atoms with van der Waals surface area (Å²) in [5, 5.41) is 0. The predicted molar refractivity (Wildman–Crippen MR) is 90.6 cm³/mol. The topological polar surface area (TPSA) is 48.3 Å². The summed E-state index contributed by atoms with van der Waals surface area (Å²) in [5.41, 5.74) is 2.33. The van der Waals surface area contributed by atoms with Crippen LogP contribution in [0, 0.1) is 13.8 Å². The van der Waals surface area contributed by atoms with E-state index in [1.807, 2.05) is 48.7 Å². The van der Waals surface area contributed by atoms with Crippen LogP contribution in [0.3, 0.4) is 0 Å². The first-order valence-corrected chi connectivity index (χ1v) is 7.96. The van der Waals surface area contributed by atoms with Crippen LogP contribution in [0.2, 0.25) is 0 Å². The van der Waals surface area contributed by atoms with E-state index in [9.17, 15) is 9.59 Å². The molecule has 23 heavy (non-hydrogen) atoms. The molecule has 0 unspecified atom stereocenters. The summed E-state index contributed by atoms with van der Waals surface area (Å²) in [7, 11) is 0. The Labute approximate surface area is 136 Å². The quantitative estimate of drug-likeness (QED) is 0.765. The van der Waals surface area contributed by atoms with Crippen molar-refractivity contribution in [3.8, 4) is 0 Å². The van der Waals surface area contributed by atoms with E-state index >= 15 is 0 Å². The molecule has 0 amide bonds. The van der Waals surface area contributed by atoms with E-state index in [1.54, 1.807) is 0 Å². The van der Waals surface area contributed by atoms with Gasteiger partial charge in [-0.3, -0.25) is 4.79 Å². The molecule has 0 saturated carbocycles. The molecule has 1 aromatic heterocycles. The number of nitrogens with zero attached hydrogens (tertiary/aromatic N) is 1. The fourth-order valence-corrected chi connectivity index (χ4v) is 2.62. The lowest BCUT2D eigenvalue weighted by molar-refractivity contribution is 0.0469. The van der Waals surface area contributed by atoms with E-state index in [0.717, 1.165) is 30.6 Å². The molecule has 4 heteroatoms. The number of ether oxygens (including phenoxy) is 1. The zero-order valence-corrected chi connectivity index (χ0v) is 14.0. The Morgan fingerprint density at radius 1 is 1.17 bits per heavy atom. The molecule has 0 fully saturated rings. The fraction of sp³-hybridized carbons (Fsp3) is 0.368. The molecular weight excluding hydrogens is 290 g/mol. The van der Waals surface area contributed by atoms with Crippen molar-refractivity contribution in [3.63, 3.8) is 0 Å². The zero-order valence-electron chi connectivity index (χ0n) is 14.0. The number of hydrogen-bond donors (Lipinski definition) is 0. The van der Waals surface area contributed by atoms with Gasteiger partial charge in [-0.05, 0) is 25.8 Å². The summed E-state index contributed by atoms with van der Waals surface area (Å²) >= 11 is 0. The third kappa shape index (κ3) is 4.09. The number of aryl methyl sites for hydroxylation is 1. The minimum Gasteiger partial charge on any atom is -0.457 e. The molecule has 0 spiro atoms. The average Bonchev–Trinajstić information content (AvgIpc) is 2.53. The zero-order chi connectivity index (χ0) is 16.8. The lowest BCUT2D eigenvalue weighted by Crippen LogP contribution is -2.24.